The largest absolute Gasteiger partial charge is 0.369 e. The molecule has 0 saturated carbocycles. The first-order valence-corrected chi connectivity index (χ1v) is 8.18. The van der Waals surface area contributed by atoms with Gasteiger partial charge in [0.1, 0.15) is 6.33 Å². The lowest BCUT2D eigenvalue weighted by Crippen LogP contribution is -2.41. The summed E-state index contributed by atoms with van der Waals surface area (Å²) in [4.78, 5) is 27.3. The van der Waals surface area contributed by atoms with Crippen molar-refractivity contribution in [3.05, 3.63) is 84.4 Å². The van der Waals surface area contributed by atoms with Crippen molar-refractivity contribution in [1.29, 1.82) is 0 Å². The highest BCUT2D eigenvalue weighted by Crippen LogP contribution is 2.40. The number of amides is 1. The van der Waals surface area contributed by atoms with E-state index in [4.69, 9.17) is 5.73 Å². The number of benzene rings is 2. The van der Waals surface area contributed by atoms with Crippen molar-refractivity contribution in [1.82, 2.24) is 14.9 Å². The fourth-order valence-corrected chi connectivity index (χ4v) is 3.24. The summed E-state index contributed by atoms with van der Waals surface area (Å²) < 4.78 is 0. The number of guanidine groups is 1. The number of nitrogens with two attached hydrogens (primary N) is 1. The smallest absolute Gasteiger partial charge is 0.266 e. The van der Waals surface area contributed by atoms with Gasteiger partial charge in [-0.05, 0) is 22.8 Å². The van der Waals surface area contributed by atoms with E-state index in [0.717, 1.165) is 22.3 Å². The molecule has 1 amide bonds. The zero-order chi connectivity index (χ0) is 18.1. The van der Waals surface area contributed by atoms with Crippen LogP contribution in [0.1, 0.15) is 26.0 Å². The summed E-state index contributed by atoms with van der Waals surface area (Å²) >= 11 is 0. The summed E-state index contributed by atoms with van der Waals surface area (Å²) in [6, 6.07) is 17.2. The third-order valence-electron chi connectivity index (χ3n) is 4.61. The normalized spacial score (nSPS) is 18.1. The number of carbonyl (C=O) groups excluding carboxylic acids is 1. The number of hydrogen-bond donors (Lipinski definition) is 1. The van der Waals surface area contributed by atoms with E-state index in [1.807, 2.05) is 54.6 Å². The van der Waals surface area contributed by atoms with Crippen molar-refractivity contribution in [2.45, 2.75) is 20.4 Å². The number of likely N-dealkylation sites (N-methyl/N-ethyl adjacent to an activating group) is 1. The molecule has 0 bridgehead atoms. The molecule has 1 aliphatic rings. The predicted molar refractivity (Wildman–Crippen MR) is 113 cm³/mol. The van der Waals surface area contributed by atoms with Crippen LogP contribution in [0.3, 0.4) is 0 Å². The van der Waals surface area contributed by atoms with E-state index in [1.165, 1.54) is 11.2 Å². The van der Waals surface area contributed by atoms with Gasteiger partial charge in [-0.25, -0.2) is 15.0 Å². The fraction of sp³-hybridized carbons (Fsp3) is 0.182. The molecule has 1 aliphatic heterocycles. The van der Waals surface area contributed by atoms with Crippen LogP contribution in [0.5, 0.6) is 0 Å². The van der Waals surface area contributed by atoms with Crippen molar-refractivity contribution in [2.75, 3.05) is 7.05 Å². The second-order valence-corrected chi connectivity index (χ2v) is 6.12. The van der Waals surface area contributed by atoms with Gasteiger partial charge in [0.25, 0.3) is 5.91 Å². The molecule has 1 atom stereocenters. The molecule has 2 N–H and O–H groups in total. The number of hydrogen-bond acceptors (Lipinski definition) is 5. The molecule has 0 fully saturated rings. The second-order valence-electron chi connectivity index (χ2n) is 6.12. The number of aromatic nitrogens is 2. The van der Waals surface area contributed by atoms with Gasteiger partial charge < -0.3 is 5.73 Å². The Morgan fingerprint density at radius 1 is 0.893 bits per heavy atom. The minimum Gasteiger partial charge on any atom is -0.369 e. The predicted octanol–water partition coefficient (Wildman–Crippen LogP) is 3.45. The molecule has 6 heteroatoms. The summed E-state index contributed by atoms with van der Waals surface area (Å²) in [7, 11) is 1.64. The number of rotatable bonds is 3. The van der Waals surface area contributed by atoms with E-state index in [1.54, 1.807) is 19.4 Å². The van der Waals surface area contributed by atoms with Crippen LogP contribution in [0, 0.1) is 0 Å². The van der Waals surface area contributed by atoms with Crippen LogP contribution in [0.4, 0.5) is 0 Å². The Balaban J connectivity index is 0.00000140. The molecule has 2 heterocycles. The Kier molecular flexibility index (Phi) is 5.93. The van der Waals surface area contributed by atoms with Crippen molar-refractivity contribution >= 4 is 11.9 Å². The van der Waals surface area contributed by atoms with Crippen molar-refractivity contribution in [3.63, 3.8) is 0 Å². The highest BCUT2D eigenvalue weighted by Gasteiger charge is 2.49. The third-order valence-corrected chi connectivity index (χ3v) is 4.61. The Hall–Kier alpha value is -3.54. The number of nitrogens with zero attached hydrogens (tertiary/aromatic N) is 4. The topological polar surface area (TPSA) is 84.5 Å². The van der Waals surface area contributed by atoms with Crippen LogP contribution in [-0.4, -0.2) is 33.8 Å². The van der Waals surface area contributed by atoms with Gasteiger partial charge in [0.15, 0.2) is 11.5 Å². The van der Waals surface area contributed by atoms with Crippen LogP contribution >= 0.6 is 0 Å². The van der Waals surface area contributed by atoms with Crippen molar-refractivity contribution in [3.8, 4) is 11.1 Å². The molecule has 0 saturated heterocycles. The maximum atomic E-state index is 13.2. The van der Waals surface area contributed by atoms with E-state index in [9.17, 15) is 4.79 Å². The lowest BCUT2D eigenvalue weighted by molar-refractivity contribution is -0.129. The molecular weight excluding hydrogens is 350 g/mol. The quantitative estimate of drug-likeness (QED) is 0.760. The van der Waals surface area contributed by atoms with E-state index in [2.05, 4.69) is 15.0 Å². The standard InChI is InChI=1S/C20H17N5O.2CH4/c1-25-18(26)20(24-19(25)21,16-7-3-2-4-8-16)17-9-5-6-14(10-17)15-11-22-13-23-12-15;;/h2-13H,1H3,(H2,21,24);2*1H4. The molecule has 1 unspecified atom stereocenters. The monoisotopic (exact) mass is 375 g/mol. The molecule has 0 spiro atoms. The van der Waals surface area contributed by atoms with Gasteiger partial charge in [0.05, 0.1) is 0 Å². The fourth-order valence-electron chi connectivity index (χ4n) is 3.24. The van der Waals surface area contributed by atoms with Crippen molar-refractivity contribution < 1.29 is 4.79 Å². The zero-order valence-corrected chi connectivity index (χ0v) is 14.2. The first-order chi connectivity index (χ1) is 12.6. The van der Waals surface area contributed by atoms with E-state index in [0.29, 0.717) is 0 Å². The zero-order valence-electron chi connectivity index (χ0n) is 14.2. The molecule has 4 rings (SSSR count). The summed E-state index contributed by atoms with van der Waals surface area (Å²) in [5.74, 6) is 0.0231. The lowest BCUT2D eigenvalue weighted by atomic mass is 9.82. The van der Waals surface area contributed by atoms with E-state index < -0.39 is 5.54 Å². The van der Waals surface area contributed by atoms with Gasteiger partial charge in [-0.1, -0.05) is 63.4 Å². The third kappa shape index (κ3) is 3.13. The summed E-state index contributed by atoms with van der Waals surface area (Å²) in [6.07, 6.45) is 4.96. The van der Waals surface area contributed by atoms with Crippen LogP contribution in [0.2, 0.25) is 0 Å². The summed E-state index contributed by atoms with van der Waals surface area (Å²) in [5.41, 5.74) is 8.12. The molecule has 6 nitrogen and oxygen atoms in total. The Morgan fingerprint density at radius 2 is 1.54 bits per heavy atom. The Bertz CT molecular complexity index is 988. The SMILES string of the molecule is C.C.CN1C(=O)C(c2ccccc2)(c2cccc(-c3cncnc3)c2)N=C1N. The molecule has 28 heavy (non-hydrogen) atoms. The first-order valence-electron chi connectivity index (χ1n) is 8.18. The van der Waals surface area contributed by atoms with Gasteiger partial charge in [-0.2, -0.15) is 0 Å². The molecule has 3 aromatic rings. The van der Waals surface area contributed by atoms with E-state index in [-0.39, 0.29) is 26.7 Å². The van der Waals surface area contributed by atoms with Crippen molar-refractivity contribution in [2.24, 2.45) is 10.7 Å². The van der Waals surface area contributed by atoms with E-state index >= 15 is 0 Å². The number of carbonyl (C=O) groups is 1. The molecule has 1 aromatic heterocycles. The molecule has 0 radical (unpaired) electrons. The number of aliphatic imine (C=N–C) groups is 1. The molecule has 0 aliphatic carbocycles. The second kappa shape index (κ2) is 8.00. The first kappa shape index (κ1) is 20.8. The highest BCUT2D eigenvalue weighted by molar-refractivity contribution is 6.09. The molecule has 2 aromatic carbocycles. The maximum absolute atomic E-state index is 13.2. The van der Waals surface area contributed by atoms with Crippen LogP contribution in [-0.2, 0) is 10.3 Å². The molecule has 144 valence electrons. The Labute approximate surface area is 165 Å². The van der Waals surface area contributed by atoms with Crippen LogP contribution in [0.25, 0.3) is 11.1 Å². The Morgan fingerprint density at radius 3 is 2.14 bits per heavy atom. The summed E-state index contributed by atoms with van der Waals surface area (Å²) in [5, 5.41) is 0. The average molecular weight is 375 g/mol. The molecular formula is C22H25N5O. The van der Waals surface area contributed by atoms with Gasteiger partial charge in [0.2, 0.25) is 0 Å². The highest BCUT2D eigenvalue weighted by atomic mass is 16.2. The van der Waals surface area contributed by atoms with Gasteiger partial charge in [-0.15, -0.1) is 0 Å². The minimum absolute atomic E-state index is 0. The van der Waals surface area contributed by atoms with Gasteiger partial charge in [-0.3, -0.25) is 9.69 Å². The summed E-state index contributed by atoms with van der Waals surface area (Å²) in [6.45, 7) is 0. The lowest BCUT2D eigenvalue weighted by Gasteiger charge is -2.26. The van der Waals surface area contributed by atoms with Crippen LogP contribution < -0.4 is 5.73 Å². The average Bonchev–Trinajstić information content (AvgIpc) is 2.94. The van der Waals surface area contributed by atoms with Gasteiger partial charge in [0, 0.05) is 25.0 Å². The van der Waals surface area contributed by atoms with Crippen LogP contribution in [0.15, 0.2) is 78.3 Å². The maximum Gasteiger partial charge on any atom is 0.266 e. The van der Waals surface area contributed by atoms with Gasteiger partial charge >= 0.3 is 0 Å². The minimum atomic E-state index is -1.19.